The van der Waals surface area contributed by atoms with E-state index in [4.69, 9.17) is 10.5 Å². The van der Waals surface area contributed by atoms with Crippen LogP contribution in [0.15, 0.2) is 36.4 Å². The van der Waals surface area contributed by atoms with Crippen molar-refractivity contribution in [2.45, 2.75) is 26.3 Å². The van der Waals surface area contributed by atoms with Crippen molar-refractivity contribution < 1.29 is 4.74 Å². The van der Waals surface area contributed by atoms with E-state index in [-0.39, 0.29) is 6.04 Å². The molecule has 0 saturated carbocycles. The Balaban J connectivity index is 2.38. The minimum Gasteiger partial charge on any atom is -0.497 e. The second kappa shape index (κ2) is 5.40. The predicted molar refractivity (Wildman–Crippen MR) is 76.9 cm³/mol. The highest BCUT2D eigenvalue weighted by Gasteiger charge is 2.13. The molecule has 2 heteroatoms. The van der Waals surface area contributed by atoms with Crippen molar-refractivity contribution in [3.05, 3.63) is 42.0 Å². The summed E-state index contributed by atoms with van der Waals surface area (Å²) in [6.07, 6.45) is 1.10. The van der Waals surface area contributed by atoms with E-state index in [1.807, 2.05) is 12.1 Å². The number of nitrogens with two attached hydrogens (primary N) is 1. The van der Waals surface area contributed by atoms with Crippen LogP contribution in [0.3, 0.4) is 0 Å². The Morgan fingerprint density at radius 2 is 1.78 bits per heavy atom. The maximum absolute atomic E-state index is 6.27. The van der Waals surface area contributed by atoms with E-state index in [0.29, 0.717) is 5.92 Å². The highest BCUT2D eigenvalue weighted by Crippen LogP contribution is 2.27. The van der Waals surface area contributed by atoms with Crippen LogP contribution in [0.25, 0.3) is 10.8 Å². The number of hydrogen-bond acceptors (Lipinski definition) is 2. The summed E-state index contributed by atoms with van der Waals surface area (Å²) >= 11 is 0. The van der Waals surface area contributed by atoms with Crippen molar-refractivity contribution >= 4 is 10.8 Å². The molecule has 0 saturated heterocycles. The minimum atomic E-state index is 0.113. The third-order valence-electron chi connectivity index (χ3n) is 3.71. The van der Waals surface area contributed by atoms with Gasteiger partial charge in [-0.05, 0) is 40.5 Å². The van der Waals surface area contributed by atoms with Crippen LogP contribution in [-0.4, -0.2) is 7.11 Å². The van der Waals surface area contributed by atoms with Crippen LogP contribution in [-0.2, 0) is 0 Å². The van der Waals surface area contributed by atoms with Crippen molar-refractivity contribution in [3.8, 4) is 5.75 Å². The average molecular weight is 243 g/mol. The SMILES string of the molecule is CCC(C)[C@H](N)c1ccc2cc(OC)ccc2c1. The predicted octanol–water partition coefficient (Wildman–Crippen LogP) is 3.89. The summed E-state index contributed by atoms with van der Waals surface area (Å²) in [5.41, 5.74) is 7.48. The molecule has 2 atom stereocenters. The summed E-state index contributed by atoms with van der Waals surface area (Å²) in [6, 6.07) is 12.7. The summed E-state index contributed by atoms with van der Waals surface area (Å²) < 4.78 is 5.23. The summed E-state index contributed by atoms with van der Waals surface area (Å²) in [6.45, 7) is 4.37. The second-order valence-corrected chi connectivity index (χ2v) is 4.88. The van der Waals surface area contributed by atoms with Gasteiger partial charge in [0.05, 0.1) is 7.11 Å². The molecule has 0 radical (unpaired) electrons. The van der Waals surface area contributed by atoms with Crippen molar-refractivity contribution in [1.82, 2.24) is 0 Å². The molecule has 0 aliphatic rings. The first-order chi connectivity index (χ1) is 8.65. The molecule has 0 aliphatic carbocycles. The third kappa shape index (κ3) is 2.49. The molecule has 0 spiro atoms. The smallest absolute Gasteiger partial charge is 0.119 e. The maximum atomic E-state index is 6.27. The van der Waals surface area contributed by atoms with Gasteiger partial charge in [-0.25, -0.2) is 0 Å². The highest BCUT2D eigenvalue weighted by atomic mass is 16.5. The lowest BCUT2D eigenvalue weighted by Crippen LogP contribution is -2.18. The molecule has 2 aromatic carbocycles. The van der Waals surface area contributed by atoms with Gasteiger partial charge >= 0.3 is 0 Å². The number of methoxy groups -OCH3 is 1. The lowest BCUT2D eigenvalue weighted by Gasteiger charge is -2.19. The van der Waals surface area contributed by atoms with Gasteiger partial charge in [-0.3, -0.25) is 0 Å². The Morgan fingerprint density at radius 1 is 1.11 bits per heavy atom. The number of fused-ring (bicyclic) bond motifs is 1. The van der Waals surface area contributed by atoms with E-state index >= 15 is 0 Å². The van der Waals surface area contributed by atoms with Crippen LogP contribution >= 0.6 is 0 Å². The zero-order chi connectivity index (χ0) is 13.1. The van der Waals surface area contributed by atoms with Gasteiger partial charge < -0.3 is 10.5 Å². The molecule has 0 fully saturated rings. The van der Waals surface area contributed by atoms with E-state index in [1.165, 1.54) is 16.3 Å². The molecule has 0 bridgehead atoms. The molecule has 0 aliphatic heterocycles. The topological polar surface area (TPSA) is 35.2 Å². The fourth-order valence-corrected chi connectivity index (χ4v) is 2.16. The zero-order valence-corrected chi connectivity index (χ0v) is 11.3. The fraction of sp³-hybridized carbons (Fsp3) is 0.375. The third-order valence-corrected chi connectivity index (χ3v) is 3.71. The maximum Gasteiger partial charge on any atom is 0.119 e. The zero-order valence-electron chi connectivity index (χ0n) is 11.3. The van der Waals surface area contributed by atoms with E-state index in [1.54, 1.807) is 7.11 Å². The summed E-state index contributed by atoms with van der Waals surface area (Å²) in [5, 5.41) is 2.40. The van der Waals surface area contributed by atoms with Gasteiger partial charge in [0.15, 0.2) is 0 Å². The molecular weight excluding hydrogens is 222 g/mol. The van der Waals surface area contributed by atoms with Gasteiger partial charge in [0.2, 0.25) is 0 Å². The average Bonchev–Trinajstić information content (AvgIpc) is 2.44. The van der Waals surface area contributed by atoms with Crippen molar-refractivity contribution in [2.24, 2.45) is 11.7 Å². The number of rotatable bonds is 4. The summed E-state index contributed by atoms with van der Waals surface area (Å²) in [7, 11) is 1.69. The first-order valence-electron chi connectivity index (χ1n) is 6.49. The first-order valence-corrected chi connectivity index (χ1v) is 6.49. The number of ether oxygens (including phenoxy) is 1. The Morgan fingerprint density at radius 3 is 2.44 bits per heavy atom. The number of hydrogen-bond donors (Lipinski definition) is 1. The summed E-state index contributed by atoms with van der Waals surface area (Å²) in [4.78, 5) is 0. The van der Waals surface area contributed by atoms with Crippen molar-refractivity contribution in [3.63, 3.8) is 0 Å². The summed E-state index contributed by atoms with van der Waals surface area (Å²) in [5.74, 6) is 1.39. The highest BCUT2D eigenvalue weighted by molar-refractivity contribution is 5.84. The van der Waals surface area contributed by atoms with E-state index in [0.717, 1.165) is 12.2 Å². The molecular formula is C16H21NO. The van der Waals surface area contributed by atoms with Crippen molar-refractivity contribution in [1.29, 1.82) is 0 Å². The van der Waals surface area contributed by atoms with Crippen LogP contribution in [0.5, 0.6) is 5.75 Å². The van der Waals surface area contributed by atoms with Gasteiger partial charge in [-0.15, -0.1) is 0 Å². The molecule has 18 heavy (non-hydrogen) atoms. The molecule has 0 amide bonds. The Kier molecular flexibility index (Phi) is 3.87. The Hall–Kier alpha value is -1.54. The molecule has 0 aromatic heterocycles. The molecule has 2 N–H and O–H groups in total. The molecule has 2 rings (SSSR count). The van der Waals surface area contributed by atoms with Crippen LogP contribution in [0.1, 0.15) is 31.9 Å². The molecule has 1 unspecified atom stereocenters. The lowest BCUT2D eigenvalue weighted by atomic mass is 9.92. The van der Waals surface area contributed by atoms with Gasteiger partial charge in [-0.1, -0.05) is 38.5 Å². The quantitative estimate of drug-likeness (QED) is 0.884. The van der Waals surface area contributed by atoms with Crippen LogP contribution < -0.4 is 10.5 Å². The van der Waals surface area contributed by atoms with Gasteiger partial charge in [0.25, 0.3) is 0 Å². The fourth-order valence-electron chi connectivity index (χ4n) is 2.16. The van der Waals surface area contributed by atoms with Gasteiger partial charge in [0.1, 0.15) is 5.75 Å². The normalized spacial score (nSPS) is 14.4. The molecule has 2 aromatic rings. The minimum absolute atomic E-state index is 0.113. The van der Waals surface area contributed by atoms with Crippen LogP contribution in [0.4, 0.5) is 0 Å². The van der Waals surface area contributed by atoms with Crippen molar-refractivity contribution in [2.75, 3.05) is 7.11 Å². The van der Waals surface area contributed by atoms with E-state index in [9.17, 15) is 0 Å². The Bertz CT molecular complexity index is 536. The van der Waals surface area contributed by atoms with Gasteiger partial charge in [0, 0.05) is 6.04 Å². The first kappa shape index (κ1) is 12.9. The lowest BCUT2D eigenvalue weighted by molar-refractivity contribution is 0.415. The molecule has 96 valence electrons. The Labute approximate surface area is 109 Å². The van der Waals surface area contributed by atoms with E-state index in [2.05, 4.69) is 38.1 Å². The molecule has 0 heterocycles. The van der Waals surface area contributed by atoms with Crippen LogP contribution in [0, 0.1) is 5.92 Å². The van der Waals surface area contributed by atoms with E-state index < -0.39 is 0 Å². The van der Waals surface area contributed by atoms with Gasteiger partial charge in [-0.2, -0.15) is 0 Å². The molecule has 2 nitrogen and oxygen atoms in total. The number of benzene rings is 2. The second-order valence-electron chi connectivity index (χ2n) is 4.88. The largest absolute Gasteiger partial charge is 0.497 e. The van der Waals surface area contributed by atoms with Crippen LogP contribution in [0.2, 0.25) is 0 Å². The standard InChI is InChI=1S/C16H21NO/c1-4-11(2)16(17)14-6-5-13-10-15(18-3)8-7-12(13)9-14/h5-11,16H,4,17H2,1-3H3/t11?,16-/m0/s1. The monoisotopic (exact) mass is 243 g/mol.